The summed E-state index contributed by atoms with van der Waals surface area (Å²) in [6, 6.07) is 0. The average Bonchev–Trinajstić information content (AvgIpc) is 3.07. The fraction of sp³-hybridized carbons (Fsp3) is 0.720. The SMILES string of the molecule is C=C1C(=O)O[C@@H]2C[C@@H](C)[C@@H]3[C@@H](O)C[C@@H](OC(=O)CC(C)C)[C@@]3(C)[C@@H](OC(=O)/C(C)=C\C)[C@H]12. The van der Waals surface area contributed by atoms with Gasteiger partial charge in [0, 0.05) is 35.3 Å². The van der Waals surface area contributed by atoms with Crippen molar-refractivity contribution in [3.8, 4) is 0 Å². The Bertz CT molecular complexity index is 828. The van der Waals surface area contributed by atoms with Crippen molar-refractivity contribution < 1.29 is 33.7 Å². The molecule has 0 aromatic rings. The molecule has 0 amide bonds. The number of aliphatic hydroxyl groups is 1. The topological polar surface area (TPSA) is 99.1 Å². The Balaban J connectivity index is 2.08. The zero-order valence-electron chi connectivity index (χ0n) is 19.9. The van der Waals surface area contributed by atoms with E-state index < -0.39 is 47.7 Å². The smallest absolute Gasteiger partial charge is 0.334 e. The second-order valence-electron chi connectivity index (χ2n) is 10.3. The molecule has 1 aliphatic heterocycles. The zero-order chi connectivity index (χ0) is 24.0. The molecule has 7 nitrogen and oxygen atoms in total. The number of ether oxygens (including phenoxy) is 3. The van der Waals surface area contributed by atoms with Crippen LogP contribution in [0, 0.1) is 29.1 Å². The van der Waals surface area contributed by atoms with Crippen molar-refractivity contribution >= 4 is 17.9 Å². The summed E-state index contributed by atoms with van der Waals surface area (Å²) >= 11 is 0. The highest BCUT2D eigenvalue weighted by molar-refractivity contribution is 5.91. The van der Waals surface area contributed by atoms with E-state index in [4.69, 9.17) is 14.2 Å². The Morgan fingerprint density at radius 2 is 1.97 bits per heavy atom. The number of fused-ring (bicyclic) bond motifs is 2. The quantitative estimate of drug-likeness (QED) is 0.391. The lowest BCUT2D eigenvalue weighted by molar-refractivity contribution is -0.177. The van der Waals surface area contributed by atoms with Gasteiger partial charge < -0.3 is 19.3 Å². The number of allylic oxidation sites excluding steroid dienone is 1. The number of hydrogen-bond acceptors (Lipinski definition) is 7. The molecule has 0 unspecified atom stereocenters. The van der Waals surface area contributed by atoms with Gasteiger partial charge in [-0.3, -0.25) is 4.79 Å². The van der Waals surface area contributed by atoms with Gasteiger partial charge in [-0.1, -0.05) is 40.3 Å². The summed E-state index contributed by atoms with van der Waals surface area (Å²) < 4.78 is 17.6. The first-order valence-electron chi connectivity index (χ1n) is 11.5. The first-order valence-corrected chi connectivity index (χ1v) is 11.5. The molecule has 1 saturated heterocycles. The minimum atomic E-state index is -0.911. The normalized spacial score (nSPS) is 39.2. The summed E-state index contributed by atoms with van der Waals surface area (Å²) in [7, 11) is 0. The van der Waals surface area contributed by atoms with Crippen molar-refractivity contribution in [3.05, 3.63) is 23.8 Å². The van der Waals surface area contributed by atoms with Gasteiger partial charge in [0.2, 0.25) is 0 Å². The number of esters is 3. The lowest BCUT2D eigenvalue weighted by Crippen LogP contribution is -2.52. The molecule has 7 heteroatoms. The van der Waals surface area contributed by atoms with Gasteiger partial charge in [-0.25, -0.2) is 9.59 Å². The highest BCUT2D eigenvalue weighted by Crippen LogP contribution is 2.59. The molecule has 32 heavy (non-hydrogen) atoms. The molecule has 1 N–H and O–H groups in total. The van der Waals surface area contributed by atoms with Gasteiger partial charge >= 0.3 is 17.9 Å². The number of carbonyl (C=O) groups is 3. The average molecular weight is 449 g/mol. The summed E-state index contributed by atoms with van der Waals surface area (Å²) in [6.45, 7) is 15.1. The Morgan fingerprint density at radius 3 is 2.56 bits per heavy atom. The molecule has 0 bridgehead atoms. The van der Waals surface area contributed by atoms with Crippen LogP contribution in [0.2, 0.25) is 0 Å². The molecule has 0 aromatic carbocycles. The van der Waals surface area contributed by atoms with Crippen molar-refractivity contribution in [2.75, 3.05) is 0 Å². The highest BCUT2D eigenvalue weighted by atomic mass is 16.6. The third-order valence-corrected chi connectivity index (χ3v) is 7.60. The fourth-order valence-electron chi connectivity index (χ4n) is 5.98. The molecule has 0 aromatic heterocycles. The molecular formula is C25H36O7. The summed E-state index contributed by atoms with van der Waals surface area (Å²) in [5.41, 5.74) is -0.221. The van der Waals surface area contributed by atoms with Crippen molar-refractivity contribution in [1.82, 2.24) is 0 Å². The van der Waals surface area contributed by atoms with Crippen LogP contribution in [0.5, 0.6) is 0 Å². The summed E-state index contributed by atoms with van der Waals surface area (Å²) in [5.74, 6) is -2.15. The van der Waals surface area contributed by atoms with E-state index in [9.17, 15) is 19.5 Å². The van der Waals surface area contributed by atoms with Gasteiger partial charge in [-0.05, 0) is 32.1 Å². The molecule has 0 radical (unpaired) electrons. The highest BCUT2D eigenvalue weighted by Gasteiger charge is 2.66. The first-order chi connectivity index (χ1) is 14.9. The maximum absolute atomic E-state index is 12.9. The van der Waals surface area contributed by atoms with Crippen molar-refractivity contribution in [2.45, 2.75) is 85.2 Å². The van der Waals surface area contributed by atoms with Crippen LogP contribution in [0.4, 0.5) is 0 Å². The molecule has 3 fully saturated rings. The Labute approximate surface area is 190 Å². The number of aliphatic hydroxyl groups excluding tert-OH is 1. The van der Waals surface area contributed by atoms with E-state index in [1.807, 2.05) is 27.7 Å². The second kappa shape index (κ2) is 9.00. The van der Waals surface area contributed by atoms with Gasteiger partial charge in [0.15, 0.2) is 0 Å². The Morgan fingerprint density at radius 1 is 1.31 bits per heavy atom. The van der Waals surface area contributed by atoms with E-state index in [2.05, 4.69) is 6.58 Å². The first kappa shape index (κ1) is 24.5. The lowest BCUT2D eigenvalue weighted by Gasteiger charge is -2.44. The summed E-state index contributed by atoms with van der Waals surface area (Å²) in [4.78, 5) is 37.9. The monoisotopic (exact) mass is 448 g/mol. The van der Waals surface area contributed by atoms with Crippen LogP contribution in [0.1, 0.15) is 60.8 Å². The standard InChI is InChI=1S/C25H36O7/c1-8-13(4)23(28)32-22-20-15(6)24(29)30-17(20)10-14(5)21-16(26)11-18(25(21,22)7)31-19(27)9-12(2)3/h8,12,14,16-18,20-22,26H,6,9-11H2,1-5,7H3/b13-8-/t14-,16+,17-,18-,20-,21-,22+,25-/m1/s1. The maximum Gasteiger partial charge on any atom is 0.334 e. The molecule has 2 aliphatic carbocycles. The molecule has 1 heterocycles. The number of hydrogen-bond donors (Lipinski definition) is 1. The van der Waals surface area contributed by atoms with E-state index in [-0.39, 0.29) is 42.1 Å². The van der Waals surface area contributed by atoms with Gasteiger partial charge in [0.05, 0.1) is 12.0 Å². The van der Waals surface area contributed by atoms with Gasteiger partial charge in [0.1, 0.15) is 18.3 Å². The van der Waals surface area contributed by atoms with Crippen molar-refractivity contribution in [2.24, 2.45) is 29.1 Å². The predicted octanol–water partition coefficient (Wildman–Crippen LogP) is 3.35. The van der Waals surface area contributed by atoms with Crippen molar-refractivity contribution in [1.29, 1.82) is 0 Å². The van der Waals surface area contributed by atoms with Crippen LogP contribution < -0.4 is 0 Å². The predicted molar refractivity (Wildman–Crippen MR) is 117 cm³/mol. The number of carbonyl (C=O) groups excluding carboxylic acids is 3. The number of rotatable bonds is 5. The van der Waals surface area contributed by atoms with E-state index in [1.54, 1.807) is 19.9 Å². The van der Waals surface area contributed by atoms with Crippen LogP contribution in [-0.4, -0.2) is 47.4 Å². The third kappa shape index (κ3) is 4.12. The van der Waals surface area contributed by atoms with E-state index in [0.717, 1.165) is 0 Å². The molecule has 8 atom stereocenters. The molecular weight excluding hydrogens is 412 g/mol. The maximum atomic E-state index is 12.9. The molecule has 0 spiro atoms. The summed E-state index contributed by atoms with van der Waals surface area (Å²) in [6.07, 6.45) is -0.0613. The van der Waals surface area contributed by atoms with Crippen LogP contribution in [0.15, 0.2) is 23.8 Å². The third-order valence-electron chi connectivity index (χ3n) is 7.60. The van der Waals surface area contributed by atoms with Crippen LogP contribution in [-0.2, 0) is 28.6 Å². The van der Waals surface area contributed by atoms with Crippen LogP contribution >= 0.6 is 0 Å². The van der Waals surface area contributed by atoms with E-state index >= 15 is 0 Å². The van der Waals surface area contributed by atoms with Crippen LogP contribution in [0.25, 0.3) is 0 Å². The van der Waals surface area contributed by atoms with E-state index in [0.29, 0.717) is 12.0 Å². The van der Waals surface area contributed by atoms with E-state index in [1.165, 1.54) is 0 Å². The lowest BCUT2D eigenvalue weighted by atomic mass is 9.66. The second-order valence-corrected chi connectivity index (χ2v) is 10.3. The molecule has 2 saturated carbocycles. The largest absolute Gasteiger partial charge is 0.462 e. The molecule has 3 rings (SSSR count). The summed E-state index contributed by atoms with van der Waals surface area (Å²) in [5, 5.41) is 11.1. The minimum absolute atomic E-state index is 0.0542. The van der Waals surface area contributed by atoms with Gasteiger partial charge in [0.25, 0.3) is 0 Å². The van der Waals surface area contributed by atoms with Crippen LogP contribution in [0.3, 0.4) is 0 Å². The van der Waals surface area contributed by atoms with Crippen molar-refractivity contribution in [3.63, 3.8) is 0 Å². The molecule has 178 valence electrons. The van der Waals surface area contributed by atoms with Gasteiger partial charge in [-0.15, -0.1) is 0 Å². The van der Waals surface area contributed by atoms with Gasteiger partial charge in [-0.2, -0.15) is 0 Å². The molecule has 3 aliphatic rings. The Kier molecular flexibility index (Phi) is 6.89. The Hall–Kier alpha value is -2.15. The minimum Gasteiger partial charge on any atom is -0.462 e. The zero-order valence-corrected chi connectivity index (χ0v) is 19.9. The fourth-order valence-corrected chi connectivity index (χ4v) is 5.98.